The summed E-state index contributed by atoms with van der Waals surface area (Å²) in [6, 6.07) is 0.790. The molecule has 0 radical (unpaired) electrons. The van der Waals surface area contributed by atoms with Gasteiger partial charge in [-0.15, -0.1) is 0 Å². The van der Waals surface area contributed by atoms with E-state index in [0.717, 1.165) is 17.9 Å². The van der Waals surface area contributed by atoms with Crippen molar-refractivity contribution in [2.45, 2.75) is 103 Å². The third-order valence-electron chi connectivity index (χ3n) is 5.29. The first-order valence-corrected chi connectivity index (χ1v) is 9.45. The van der Waals surface area contributed by atoms with Gasteiger partial charge in [0.2, 0.25) is 0 Å². The summed E-state index contributed by atoms with van der Waals surface area (Å²) in [6.07, 6.45) is 18.8. The molecule has 120 valence electrons. The van der Waals surface area contributed by atoms with Crippen molar-refractivity contribution >= 4 is 0 Å². The van der Waals surface area contributed by atoms with Crippen LogP contribution in [-0.2, 0) is 0 Å². The summed E-state index contributed by atoms with van der Waals surface area (Å²) in [5.74, 6) is 1.91. The van der Waals surface area contributed by atoms with E-state index in [-0.39, 0.29) is 0 Å². The summed E-state index contributed by atoms with van der Waals surface area (Å²) in [6.45, 7) is 4.74. The van der Waals surface area contributed by atoms with Gasteiger partial charge >= 0.3 is 0 Å². The summed E-state index contributed by atoms with van der Waals surface area (Å²) < 4.78 is 0. The van der Waals surface area contributed by atoms with Crippen molar-refractivity contribution in [3.63, 3.8) is 0 Å². The Bertz CT molecular complexity index is 214. The molecule has 1 aliphatic carbocycles. The molecule has 0 aromatic heterocycles. The quantitative estimate of drug-likeness (QED) is 0.463. The zero-order valence-electron chi connectivity index (χ0n) is 14.4. The van der Waals surface area contributed by atoms with Crippen LogP contribution < -0.4 is 5.32 Å². The van der Waals surface area contributed by atoms with Gasteiger partial charge in [0.15, 0.2) is 0 Å². The maximum atomic E-state index is 3.61. The van der Waals surface area contributed by atoms with Gasteiger partial charge in [-0.3, -0.25) is 0 Å². The second-order valence-corrected chi connectivity index (χ2v) is 7.19. The normalized spacial score (nSPS) is 24.8. The number of hydrogen-bond acceptors (Lipinski definition) is 1. The van der Waals surface area contributed by atoms with E-state index in [1.807, 2.05) is 0 Å². The maximum absolute atomic E-state index is 3.61. The Morgan fingerprint density at radius 3 is 2.20 bits per heavy atom. The first-order chi connectivity index (χ1) is 9.77. The Balaban J connectivity index is 2.03. The van der Waals surface area contributed by atoms with E-state index in [1.165, 1.54) is 83.5 Å². The minimum absolute atomic E-state index is 0.790. The monoisotopic (exact) mass is 281 g/mol. The fourth-order valence-corrected chi connectivity index (χ4v) is 3.96. The molecule has 3 unspecified atom stereocenters. The van der Waals surface area contributed by atoms with E-state index in [2.05, 4.69) is 26.2 Å². The van der Waals surface area contributed by atoms with E-state index >= 15 is 0 Å². The fraction of sp³-hybridized carbons (Fsp3) is 1.00. The molecule has 0 amide bonds. The van der Waals surface area contributed by atoms with Gasteiger partial charge in [-0.25, -0.2) is 0 Å². The largest absolute Gasteiger partial charge is 0.317 e. The lowest BCUT2D eigenvalue weighted by Gasteiger charge is -2.33. The van der Waals surface area contributed by atoms with Crippen molar-refractivity contribution in [3.8, 4) is 0 Å². The molecule has 1 nitrogen and oxygen atoms in total. The zero-order valence-corrected chi connectivity index (χ0v) is 14.4. The first kappa shape index (κ1) is 18.0. The molecule has 1 saturated carbocycles. The number of nitrogens with one attached hydrogen (secondary N) is 1. The van der Waals surface area contributed by atoms with Gasteiger partial charge in [0, 0.05) is 6.04 Å². The molecule has 0 aromatic rings. The Labute approximate surface area is 128 Å². The molecule has 1 N–H and O–H groups in total. The maximum Gasteiger partial charge on any atom is 0.00924 e. The predicted molar refractivity (Wildman–Crippen MR) is 91.2 cm³/mol. The molecule has 1 rings (SSSR count). The molecule has 0 saturated heterocycles. The number of hydrogen-bond donors (Lipinski definition) is 1. The molecular weight excluding hydrogens is 242 g/mol. The van der Waals surface area contributed by atoms with Crippen LogP contribution >= 0.6 is 0 Å². The van der Waals surface area contributed by atoms with E-state index in [9.17, 15) is 0 Å². The Morgan fingerprint density at radius 1 is 0.950 bits per heavy atom. The molecule has 1 heteroatoms. The average Bonchev–Trinajstić information content (AvgIpc) is 2.46. The smallest absolute Gasteiger partial charge is 0.00924 e. The molecule has 0 heterocycles. The van der Waals surface area contributed by atoms with Gasteiger partial charge in [-0.1, -0.05) is 78.1 Å². The van der Waals surface area contributed by atoms with Crippen molar-refractivity contribution in [1.82, 2.24) is 5.32 Å². The van der Waals surface area contributed by atoms with E-state index in [0.29, 0.717) is 0 Å². The lowest BCUT2D eigenvalue weighted by atomic mass is 9.77. The van der Waals surface area contributed by atoms with Gasteiger partial charge in [0.1, 0.15) is 0 Å². The predicted octanol–water partition coefficient (Wildman–Crippen LogP) is 5.93. The van der Waals surface area contributed by atoms with E-state index < -0.39 is 0 Å². The lowest BCUT2D eigenvalue weighted by Crippen LogP contribution is -2.36. The summed E-state index contributed by atoms with van der Waals surface area (Å²) in [5.41, 5.74) is 0. The highest BCUT2D eigenvalue weighted by atomic mass is 14.9. The van der Waals surface area contributed by atoms with Crippen LogP contribution in [0.2, 0.25) is 0 Å². The van der Waals surface area contributed by atoms with E-state index in [4.69, 9.17) is 0 Å². The molecule has 0 bridgehead atoms. The highest BCUT2D eigenvalue weighted by Gasteiger charge is 2.25. The highest BCUT2D eigenvalue weighted by Crippen LogP contribution is 2.32. The van der Waals surface area contributed by atoms with Gasteiger partial charge in [0.05, 0.1) is 0 Å². The van der Waals surface area contributed by atoms with Crippen LogP contribution in [0.1, 0.15) is 97.3 Å². The molecular formula is C19H39N. The Hall–Kier alpha value is -0.0400. The Morgan fingerprint density at radius 2 is 1.60 bits per heavy atom. The Kier molecular flexibility index (Phi) is 10.4. The van der Waals surface area contributed by atoms with Gasteiger partial charge in [-0.05, 0) is 38.1 Å². The summed E-state index contributed by atoms with van der Waals surface area (Å²) in [7, 11) is 2.18. The third-order valence-corrected chi connectivity index (χ3v) is 5.29. The summed E-state index contributed by atoms with van der Waals surface area (Å²) in [4.78, 5) is 0. The van der Waals surface area contributed by atoms with Crippen LogP contribution in [0.4, 0.5) is 0 Å². The summed E-state index contributed by atoms with van der Waals surface area (Å²) in [5, 5.41) is 3.61. The standard InChI is InChI=1S/C19H39N/c1-4-5-6-7-8-9-10-11-15-19(20-3)18-14-12-13-17(2)16-18/h17-20H,4-16H2,1-3H3. The second kappa shape index (κ2) is 11.6. The zero-order chi connectivity index (χ0) is 14.6. The molecule has 3 atom stereocenters. The first-order valence-electron chi connectivity index (χ1n) is 9.45. The average molecular weight is 282 g/mol. The van der Waals surface area contributed by atoms with Gasteiger partial charge in [0.25, 0.3) is 0 Å². The number of rotatable bonds is 11. The van der Waals surface area contributed by atoms with Crippen LogP contribution in [0.25, 0.3) is 0 Å². The fourth-order valence-electron chi connectivity index (χ4n) is 3.96. The molecule has 0 aliphatic heterocycles. The molecule has 0 spiro atoms. The van der Waals surface area contributed by atoms with Crippen molar-refractivity contribution in [2.24, 2.45) is 11.8 Å². The van der Waals surface area contributed by atoms with Crippen LogP contribution in [0, 0.1) is 11.8 Å². The van der Waals surface area contributed by atoms with Gasteiger partial charge < -0.3 is 5.32 Å². The molecule has 20 heavy (non-hydrogen) atoms. The highest BCUT2D eigenvalue weighted by molar-refractivity contribution is 4.80. The molecule has 0 aromatic carbocycles. The minimum atomic E-state index is 0.790. The summed E-state index contributed by atoms with van der Waals surface area (Å²) >= 11 is 0. The minimum Gasteiger partial charge on any atom is -0.317 e. The SMILES string of the molecule is CCCCCCCCCCC(NC)C1CCCC(C)C1. The van der Waals surface area contributed by atoms with Crippen LogP contribution in [-0.4, -0.2) is 13.1 Å². The molecule has 1 fully saturated rings. The third kappa shape index (κ3) is 7.67. The van der Waals surface area contributed by atoms with Crippen LogP contribution in [0.3, 0.4) is 0 Å². The van der Waals surface area contributed by atoms with Gasteiger partial charge in [-0.2, -0.15) is 0 Å². The van der Waals surface area contributed by atoms with Crippen LogP contribution in [0.5, 0.6) is 0 Å². The number of unbranched alkanes of at least 4 members (excludes halogenated alkanes) is 7. The lowest BCUT2D eigenvalue weighted by molar-refractivity contribution is 0.218. The molecule has 1 aliphatic rings. The van der Waals surface area contributed by atoms with Crippen molar-refractivity contribution in [1.29, 1.82) is 0 Å². The second-order valence-electron chi connectivity index (χ2n) is 7.19. The topological polar surface area (TPSA) is 12.0 Å². The van der Waals surface area contributed by atoms with Crippen molar-refractivity contribution in [2.75, 3.05) is 7.05 Å². The van der Waals surface area contributed by atoms with Crippen molar-refractivity contribution in [3.05, 3.63) is 0 Å². The van der Waals surface area contributed by atoms with Crippen molar-refractivity contribution < 1.29 is 0 Å². The van der Waals surface area contributed by atoms with E-state index in [1.54, 1.807) is 0 Å². The van der Waals surface area contributed by atoms with Crippen LogP contribution in [0.15, 0.2) is 0 Å².